The molecule has 2 heteroatoms. The summed E-state index contributed by atoms with van der Waals surface area (Å²) in [6.07, 6.45) is 4.44. The first-order valence-electron chi connectivity index (χ1n) is 3.03. The van der Waals surface area contributed by atoms with Crippen LogP contribution >= 0.6 is 0 Å². The first kappa shape index (κ1) is 5.60. The largest absolute Gasteiger partial charge is 0.454 e. The Kier molecular flexibility index (Phi) is 1.89. The summed E-state index contributed by atoms with van der Waals surface area (Å²) >= 11 is 0. The molecule has 0 atom stereocenters. The molecule has 1 aliphatic heterocycles. The van der Waals surface area contributed by atoms with Gasteiger partial charge < -0.3 is 4.74 Å². The molecule has 46 valence electrons. The molecule has 1 heterocycles. The molecule has 0 aliphatic carbocycles. The van der Waals surface area contributed by atoms with Crippen LogP contribution in [0.2, 0.25) is 0 Å². The van der Waals surface area contributed by atoms with Gasteiger partial charge in [-0.25, -0.2) is 4.58 Å². The van der Waals surface area contributed by atoms with E-state index in [1.165, 1.54) is 25.9 Å². The van der Waals surface area contributed by atoms with E-state index < -0.39 is 0 Å². The molecule has 2 nitrogen and oxygen atoms in total. The minimum absolute atomic E-state index is 1.17. The van der Waals surface area contributed by atoms with Crippen LogP contribution in [0.1, 0.15) is 12.8 Å². The van der Waals surface area contributed by atoms with Crippen LogP contribution in [-0.4, -0.2) is 31.2 Å². The van der Waals surface area contributed by atoms with Gasteiger partial charge in [0.1, 0.15) is 13.1 Å². The number of hydrogen-bond acceptors (Lipinski definition) is 1. The first-order valence-corrected chi connectivity index (χ1v) is 3.03. The van der Waals surface area contributed by atoms with Crippen molar-refractivity contribution in [3.8, 4) is 0 Å². The summed E-state index contributed by atoms with van der Waals surface area (Å²) < 4.78 is 7.02. The maximum atomic E-state index is 4.83. The van der Waals surface area contributed by atoms with Gasteiger partial charge in [-0.3, -0.25) is 0 Å². The van der Waals surface area contributed by atoms with Gasteiger partial charge in [-0.1, -0.05) is 0 Å². The lowest BCUT2D eigenvalue weighted by atomic mass is 10.4. The maximum Gasteiger partial charge on any atom is 0.323 e. The van der Waals surface area contributed by atoms with E-state index in [-0.39, 0.29) is 0 Å². The lowest BCUT2D eigenvalue weighted by Gasteiger charge is -1.87. The molecule has 0 radical (unpaired) electrons. The first-order chi connectivity index (χ1) is 3.93. The zero-order chi connectivity index (χ0) is 5.82. The Morgan fingerprint density at radius 2 is 2.00 bits per heavy atom. The van der Waals surface area contributed by atoms with Gasteiger partial charge >= 0.3 is 6.40 Å². The second-order valence-electron chi connectivity index (χ2n) is 2.08. The van der Waals surface area contributed by atoms with Gasteiger partial charge in [0.15, 0.2) is 0 Å². The third-order valence-electron chi connectivity index (χ3n) is 1.40. The van der Waals surface area contributed by atoms with Crippen LogP contribution in [-0.2, 0) is 4.74 Å². The lowest BCUT2D eigenvalue weighted by molar-refractivity contribution is -0.508. The van der Waals surface area contributed by atoms with E-state index in [0.29, 0.717) is 0 Å². The van der Waals surface area contributed by atoms with Crippen LogP contribution in [0.15, 0.2) is 0 Å². The zero-order valence-corrected chi connectivity index (χ0v) is 5.26. The third-order valence-corrected chi connectivity index (χ3v) is 1.40. The molecule has 0 spiro atoms. The minimum Gasteiger partial charge on any atom is -0.454 e. The van der Waals surface area contributed by atoms with Crippen LogP contribution < -0.4 is 0 Å². The molecule has 1 saturated heterocycles. The van der Waals surface area contributed by atoms with Crippen LogP contribution in [0, 0.1) is 0 Å². The smallest absolute Gasteiger partial charge is 0.323 e. The van der Waals surface area contributed by atoms with Gasteiger partial charge in [0.25, 0.3) is 0 Å². The quantitative estimate of drug-likeness (QED) is 0.356. The normalized spacial score (nSPS) is 18.9. The maximum absolute atomic E-state index is 4.83. The summed E-state index contributed by atoms with van der Waals surface area (Å²) in [5.41, 5.74) is 0. The van der Waals surface area contributed by atoms with E-state index in [0.717, 1.165) is 0 Å². The topological polar surface area (TPSA) is 12.2 Å². The van der Waals surface area contributed by atoms with E-state index in [9.17, 15) is 0 Å². The molecule has 0 N–H and O–H groups in total. The molecule has 0 aromatic rings. The van der Waals surface area contributed by atoms with Crippen molar-refractivity contribution in [2.45, 2.75) is 12.8 Å². The van der Waals surface area contributed by atoms with Crippen molar-refractivity contribution >= 4 is 6.40 Å². The van der Waals surface area contributed by atoms with E-state index in [1.807, 2.05) is 0 Å². The summed E-state index contributed by atoms with van der Waals surface area (Å²) in [4.78, 5) is 0. The van der Waals surface area contributed by atoms with E-state index in [4.69, 9.17) is 4.74 Å². The highest BCUT2D eigenvalue weighted by molar-refractivity contribution is 5.38. The fraction of sp³-hybridized carbons (Fsp3) is 0.833. The van der Waals surface area contributed by atoms with Crippen molar-refractivity contribution < 1.29 is 9.31 Å². The van der Waals surface area contributed by atoms with Crippen molar-refractivity contribution in [3.05, 3.63) is 0 Å². The summed E-state index contributed by atoms with van der Waals surface area (Å²) in [6, 6.07) is 0. The molecule has 1 fully saturated rings. The molecule has 0 amide bonds. The fourth-order valence-electron chi connectivity index (χ4n) is 0.996. The van der Waals surface area contributed by atoms with Gasteiger partial charge in [-0.15, -0.1) is 0 Å². The van der Waals surface area contributed by atoms with Crippen molar-refractivity contribution in [1.29, 1.82) is 0 Å². The number of rotatable bonds is 1. The summed E-state index contributed by atoms with van der Waals surface area (Å²) in [6.45, 7) is 2.35. The monoisotopic (exact) mass is 114 g/mol. The number of hydrogen-bond donors (Lipinski definition) is 0. The van der Waals surface area contributed by atoms with Crippen molar-refractivity contribution in [1.82, 2.24) is 0 Å². The van der Waals surface area contributed by atoms with Gasteiger partial charge in [0.2, 0.25) is 0 Å². The van der Waals surface area contributed by atoms with Gasteiger partial charge in [0, 0.05) is 12.8 Å². The predicted molar refractivity (Wildman–Crippen MR) is 32.3 cm³/mol. The number of ether oxygens (including phenoxy) is 1. The van der Waals surface area contributed by atoms with Gasteiger partial charge in [-0.2, -0.15) is 0 Å². The van der Waals surface area contributed by atoms with Crippen LogP contribution in [0.25, 0.3) is 0 Å². The summed E-state index contributed by atoms with van der Waals surface area (Å²) in [5, 5.41) is 0. The van der Waals surface area contributed by atoms with E-state index >= 15 is 0 Å². The van der Waals surface area contributed by atoms with E-state index in [2.05, 4.69) is 4.58 Å². The summed E-state index contributed by atoms with van der Waals surface area (Å²) in [7, 11) is 1.69. The molecule has 1 rings (SSSR count). The average molecular weight is 114 g/mol. The second-order valence-corrected chi connectivity index (χ2v) is 2.08. The van der Waals surface area contributed by atoms with Crippen molar-refractivity contribution in [2.75, 3.05) is 20.2 Å². The number of nitrogens with zero attached hydrogens (tertiary/aromatic N) is 1. The fourth-order valence-corrected chi connectivity index (χ4v) is 0.996. The van der Waals surface area contributed by atoms with Crippen molar-refractivity contribution in [3.63, 3.8) is 0 Å². The molecule has 0 aromatic carbocycles. The van der Waals surface area contributed by atoms with Gasteiger partial charge in [0.05, 0.1) is 7.11 Å². The highest BCUT2D eigenvalue weighted by Gasteiger charge is 2.11. The number of methoxy groups -OCH3 is 1. The molecular weight excluding hydrogens is 102 g/mol. The lowest BCUT2D eigenvalue weighted by Crippen LogP contribution is -2.07. The third kappa shape index (κ3) is 1.22. The zero-order valence-electron chi connectivity index (χ0n) is 5.26. The van der Waals surface area contributed by atoms with Crippen LogP contribution in [0.3, 0.4) is 0 Å². The molecule has 0 bridgehead atoms. The van der Waals surface area contributed by atoms with Gasteiger partial charge in [-0.05, 0) is 0 Å². The molecule has 0 aromatic heterocycles. The Hall–Kier alpha value is -0.530. The molecule has 0 unspecified atom stereocenters. The predicted octanol–water partition coefficient (Wildman–Crippen LogP) is 0.467. The molecule has 8 heavy (non-hydrogen) atoms. The minimum atomic E-state index is 1.17. The molecular formula is C6H12NO+. The highest BCUT2D eigenvalue weighted by Crippen LogP contribution is 1.99. The second kappa shape index (κ2) is 2.70. The standard InChI is InChI=1S/C6H12NO/c1-8-6-7-4-2-3-5-7/h6H,2-5H2,1H3/q+1. The Morgan fingerprint density at radius 1 is 1.38 bits per heavy atom. The Balaban J connectivity index is 2.33. The van der Waals surface area contributed by atoms with Crippen LogP contribution in [0.4, 0.5) is 0 Å². The summed E-state index contributed by atoms with van der Waals surface area (Å²) in [5.74, 6) is 0. The van der Waals surface area contributed by atoms with Crippen LogP contribution in [0.5, 0.6) is 0 Å². The van der Waals surface area contributed by atoms with Crippen molar-refractivity contribution in [2.24, 2.45) is 0 Å². The average Bonchev–Trinajstić information content (AvgIpc) is 2.19. The Morgan fingerprint density at radius 3 is 2.50 bits per heavy atom. The molecule has 0 saturated carbocycles. The SMILES string of the molecule is COC=[N+]1CCCC1. The Labute approximate surface area is 49.8 Å². The van der Waals surface area contributed by atoms with E-state index in [1.54, 1.807) is 13.5 Å². The molecule has 1 aliphatic rings. The Bertz CT molecular complexity index is 90.7. The highest BCUT2D eigenvalue weighted by atomic mass is 16.5.